The van der Waals surface area contributed by atoms with E-state index in [1.165, 1.54) is 0 Å². The highest BCUT2D eigenvalue weighted by Gasteiger charge is 2.49. The molecule has 0 spiro atoms. The van der Waals surface area contributed by atoms with Gasteiger partial charge in [-0.05, 0) is 6.92 Å². The van der Waals surface area contributed by atoms with Crippen molar-refractivity contribution in [3.05, 3.63) is 11.3 Å². The van der Waals surface area contributed by atoms with Gasteiger partial charge in [0.25, 0.3) is 0 Å². The molecule has 92 valence electrons. The molecule has 0 aliphatic carbocycles. The molecule has 0 amide bonds. The number of ether oxygens (including phenoxy) is 1. The third-order valence-electron chi connectivity index (χ3n) is 1.77. The highest BCUT2D eigenvalue weighted by atomic mass is 32.2. The summed E-state index contributed by atoms with van der Waals surface area (Å²) in [5.74, 6) is -1.48. The van der Waals surface area contributed by atoms with E-state index in [9.17, 15) is 26.4 Å². The summed E-state index contributed by atoms with van der Waals surface area (Å²) in [6, 6.07) is 0. The van der Waals surface area contributed by atoms with Crippen LogP contribution in [-0.2, 0) is 23.8 Å². The molecule has 1 aliphatic rings. The van der Waals surface area contributed by atoms with Crippen molar-refractivity contribution < 1.29 is 35.3 Å². The Morgan fingerprint density at radius 1 is 1.44 bits per heavy atom. The zero-order valence-electron chi connectivity index (χ0n) is 8.00. The van der Waals surface area contributed by atoms with E-state index < -0.39 is 27.4 Å². The predicted octanol–water partition coefficient (Wildman–Crippen LogP) is 1.07. The second-order valence-electron chi connectivity index (χ2n) is 2.90. The van der Waals surface area contributed by atoms with Gasteiger partial charge in [-0.25, -0.2) is 4.79 Å². The van der Waals surface area contributed by atoms with Crippen LogP contribution in [0.15, 0.2) is 11.3 Å². The molecule has 9 heteroatoms. The number of rotatable bonds is 2. The molecule has 0 radical (unpaired) electrons. The van der Waals surface area contributed by atoms with Crippen molar-refractivity contribution in [3.63, 3.8) is 0 Å². The molecule has 1 rings (SSSR count). The minimum absolute atomic E-state index is 0.000925. The average Bonchev–Trinajstić information content (AvgIpc) is 2.48. The second-order valence-corrected chi connectivity index (χ2v) is 4.44. The molecular formula is C7H7F3O5S. The van der Waals surface area contributed by atoms with Crippen molar-refractivity contribution in [3.8, 4) is 0 Å². The highest BCUT2D eigenvalue weighted by Crippen LogP contribution is 2.28. The zero-order valence-corrected chi connectivity index (χ0v) is 8.81. The molecule has 0 aromatic heterocycles. The topological polar surface area (TPSA) is 69.7 Å². The van der Waals surface area contributed by atoms with Crippen molar-refractivity contribution in [2.75, 3.05) is 6.61 Å². The first-order valence-corrected chi connectivity index (χ1v) is 5.43. The van der Waals surface area contributed by atoms with Crippen LogP contribution in [0.5, 0.6) is 0 Å². The molecule has 0 N–H and O–H groups in total. The van der Waals surface area contributed by atoms with E-state index in [1.54, 1.807) is 0 Å². The van der Waals surface area contributed by atoms with E-state index in [2.05, 4.69) is 8.92 Å². The molecule has 0 aromatic rings. The Balaban J connectivity index is 2.95. The Morgan fingerprint density at radius 3 is 2.38 bits per heavy atom. The van der Waals surface area contributed by atoms with E-state index in [4.69, 9.17) is 0 Å². The number of carbonyl (C=O) groups is 1. The van der Waals surface area contributed by atoms with Crippen molar-refractivity contribution in [2.24, 2.45) is 0 Å². The lowest BCUT2D eigenvalue weighted by atomic mass is 10.2. The van der Waals surface area contributed by atoms with Gasteiger partial charge in [-0.1, -0.05) is 0 Å². The number of cyclic esters (lactones) is 1. The normalized spacial score (nSPS) is 20.6. The van der Waals surface area contributed by atoms with Crippen LogP contribution in [0.1, 0.15) is 13.3 Å². The van der Waals surface area contributed by atoms with Gasteiger partial charge in [0.1, 0.15) is 5.76 Å². The fourth-order valence-electron chi connectivity index (χ4n) is 1.02. The Kier molecular flexibility index (Phi) is 3.17. The molecule has 0 atom stereocenters. The van der Waals surface area contributed by atoms with Crippen molar-refractivity contribution >= 4 is 16.1 Å². The van der Waals surface area contributed by atoms with Gasteiger partial charge in [-0.2, -0.15) is 21.6 Å². The van der Waals surface area contributed by atoms with Gasteiger partial charge < -0.3 is 8.92 Å². The molecule has 0 bridgehead atoms. The molecule has 0 aromatic carbocycles. The first kappa shape index (κ1) is 12.8. The molecule has 1 heterocycles. The van der Waals surface area contributed by atoms with Gasteiger partial charge in [-0.15, -0.1) is 0 Å². The van der Waals surface area contributed by atoms with E-state index in [-0.39, 0.29) is 18.6 Å². The smallest absolute Gasteiger partial charge is 0.462 e. The summed E-state index contributed by atoms with van der Waals surface area (Å²) in [5.41, 5.74) is -5.72. The Hall–Kier alpha value is -1.25. The summed E-state index contributed by atoms with van der Waals surface area (Å²) in [6.45, 7) is 0.964. The summed E-state index contributed by atoms with van der Waals surface area (Å²) in [5, 5.41) is 0. The minimum atomic E-state index is -5.72. The Labute approximate surface area is 89.0 Å². The summed E-state index contributed by atoms with van der Waals surface area (Å²) in [7, 11) is -5.72. The quantitative estimate of drug-likeness (QED) is 0.244. The molecule has 0 unspecified atom stereocenters. The lowest BCUT2D eigenvalue weighted by Gasteiger charge is -2.10. The maximum atomic E-state index is 11.9. The predicted molar refractivity (Wildman–Crippen MR) is 44.3 cm³/mol. The fourth-order valence-corrected chi connectivity index (χ4v) is 1.54. The number of esters is 1. The number of allylic oxidation sites excluding steroid dienone is 1. The Bertz CT molecular complexity index is 433. The van der Waals surface area contributed by atoms with E-state index >= 15 is 0 Å². The highest BCUT2D eigenvalue weighted by molar-refractivity contribution is 7.87. The number of hydrogen-bond donors (Lipinski definition) is 0. The van der Waals surface area contributed by atoms with E-state index in [0.29, 0.717) is 0 Å². The van der Waals surface area contributed by atoms with Gasteiger partial charge in [-0.3, -0.25) is 0 Å². The number of alkyl halides is 3. The first-order valence-electron chi connectivity index (χ1n) is 4.03. The number of carbonyl (C=O) groups excluding carboxylic acids is 1. The molecule has 0 saturated carbocycles. The number of halogens is 3. The number of hydrogen-bond acceptors (Lipinski definition) is 5. The SMILES string of the molecule is C/C(OS(=O)(=O)C(F)(F)F)=C1\CCOC1=O. The van der Waals surface area contributed by atoms with Crippen LogP contribution in [0.2, 0.25) is 0 Å². The average molecular weight is 260 g/mol. The third kappa shape index (κ3) is 2.46. The lowest BCUT2D eigenvalue weighted by Crippen LogP contribution is -2.25. The standard InChI is InChI=1S/C7H7F3O5S/c1-4(5-2-3-14-6(5)11)15-16(12,13)7(8,9)10/h2-3H2,1H3/b5-4-. The molecule has 1 aliphatic heterocycles. The summed E-state index contributed by atoms with van der Waals surface area (Å²) >= 11 is 0. The van der Waals surface area contributed by atoms with Crippen LogP contribution in [0.3, 0.4) is 0 Å². The van der Waals surface area contributed by atoms with Crippen LogP contribution in [-0.4, -0.2) is 26.5 Å². The molecular weight excluding hydrogens is 253 g/mol. The molecule has 1 fully saturated rings. The third-order valence-corrected chi connectivity index (χ3v) is 2.81. The van der Waals surface area contributed by atoms with Crippen molar-refractivity contribution in [1.82, 2.24) is 0 Å². The van der Waals surface area contributed by atoms with Gasteiger partial charge in [0.15, 0.2) is 0 Å². The van der Waals surface area contributed by atoms with Crippen molar-refractivity contribution in [1.29, 1.82) is 0 Å². The maximum absolute atomic E-state index is 11.9. The van der Waals surface area contributed by atoms with Gasteiger partial charge in [0.2, 0.25) is 0 Å². The maximum Gasteiger partial charge on any atom is 0.534 e. The minimum Gasteiger partial charge on any atom is -0.462 e. The second kappa shape index (κ2) is 3.96. The van der Waals surface area contributed by atoms with Crippen LogP contribution in [0, 0.1) is 0 Å². The van der Waals surface area contributed by atoms with Crippen molar-refractivity contribution in [2.45, 2.75) is 18.9 Å². The summed E-state index contributed by atoms with van der Waals surface area (Å²) in [4.78, 5) is 10.9. The summed E-state index contributed by atoms with van der Waals surface area (Å²) in [6.07, 6.45) is 0.0258. The summed E-state index contributed by atoms with van der Waals surface area (Å²) < 4.78 is 65.2. The molecule has 1 saturated heterocycles. The van der Waals surface area contributed by atoms with E-state index in [0.717, 1.165) is 6.92 Å². The van der Waals surface area contributed by atoms with Gasteiger partial charge in [0, 0.05) is 6.42 Å². The fraction of sp³-hybridized carbons (Fsp3) is 0.571. The Morgan fingerprint density at radius 2 is 2.00 bits per heavy atom. The molecule has 16 heavy (non-hydrogen) atoms. The monoisotopic (exact) mass is 260 g/mol. The molecule has 5 nitrogen and oxygen atoms in total. The van der Waals surface area contributed by atoms with Crippen LogP contribution in [0.4, 0.5) is 13.2 Å². The van der Waals surface area contributed by atoms with E-state index in [1.807, 2.05) is 0 Å². The van der Waals surface area contributed by atoms with Crippen LogP contribution >= 0.6 is 0 Å². The largest absolute Gasteiger partial charge is 0.534 e. The lowest BCUT2D eigenvalue weighted by molar-refractivity contribution is -0.135. The van der Waals surface area contributed by atoms with Crippen LogP contribution in [0.25, 0.3) is 0 Å². The van der Waals surface area contributed by atoms with Crippen LogP contribution < -0.4 is 0 Å². The zero-order chi connectivity index (χ0) is 12.6. The van der Waals surface area contributed by atoms with Gasteiger partial charge >= 0.3 is 21.6 Å². The first-order chi connectivity index (χ1) is 7.15. The van der Waals surface area contributed by atoms with Gasteiger partial charge in [0.05, 0.1) is 12.2 Å².